The minimum Gasteiger partial charge on any atom is -0.497 e. The number of carbonyl (C=O) groups is 1. The molecule has 0 radical (unpaired) electrons. The van der Waals surface area contributed by atoms with Gasteiger partial charge in [-0.2, -0.15) is 0 Å². The molecule has 2 heterocycles. The lowest BCUT2D eigenvalue weighted by molar-refractivity contribution is -0.141. The third-order valence-corrected chi connectivity index (χ3v) is 6.63. The monoisotopic (exact) mass is 428 g/mol. The van der Waals surface area contributed by atoms with E-state index in [2.05, 4.69) is 21.9 Å². The van der Waals surface area contributed by atoms with Crippen molar-refractivity contribution >= 4 is 23.2 Å². The van der Waals surface area contributed by atoms with E-state index in [0.29, 0.717) is 31.1 Å². The van der Waals surface area contributed by atoms with Crippen molar-refractivity contribution in [1.29, 1.82) is 0 Å². The molecule has 0 aliphatic carbocycles. The number of halogens is 1. The van der Waals surface area contributed by atoms with Crippen molar-refractivity contribution in [3.05, 3.63) is 59.1 Å². The average molecular weight is 429 g/mol. The summed E-state index contributed by atoms with van der Waals surface area (Å²) in [5, 5.41) is 0.693. The number of amides is 1. The molecule has 0 bridgehead atoms. The molecule has 0 unspecified atom stereocenters. The summed E-state index contributed by atoms with van der Waals surface area (Å²) in [6.45, 7) is 4.49. The molecule has 4 rings (SSSR count). The number of ether oxygens (including phenoxy) is 2. The summed E-state index contributed by atoms with van der Waals surface area (Å²) in [5.74, 6) is 1.08. The highest BCUT2D eigenvalue weighted by molar-refractivity contribution is 6.30. The summed E-state index contributed by atoms with van der Waals surface area (Å²) in [5.41, 5.74) is 1.71. The smallest absolute Gasteiger partial charge is 0.233 e. The maximum Gasteiger partial charge on any atom is 0.233 e. The van der Waals surface area contributed by atoms with Crippen LogP contribution in [0.15, 0.2) is 48.5 Å². The zero-order valence-corrected chi connectivity index (χ0v) is 18.2. The molecule has 2 aliphatic heterocycles. The van der Waals surface area contributed by atoms with Crippen LogP contribution >= 0.6 is 11.6 Å². The van der Waals surface area contributed by atoms with E-state index >= 15 is 0 Å². The number of hydrogen-bond acceptors (Lipinski definition) is 4. The van der Waals surface area contributed by atoms with Crippen molar-refractivity contribution in [2.45, 2.75) is 24.7 Å². The van der Waals surface area contributed by atoms with Crippen molar-refractivity contribution in [3.63, 3.8) is 0 Å². The summed E-state index contributed by atoms with van der Waals surface area (Å²) in [7, 11) is 1.68. The molecule has 0 saturated carbocycles. The van der Waals surface area contributed by atoms with Crippen LogP contribution in [0.1, 0.15) is 24.8 Å². The first-order chi connectivity index (χ1) is 14.6. The van der Waals surface area contributed by atoms with Gasteiger partial charge in [-0.3, -0.25) is 4.79 Å². The molecule has 5 nitrogen and oxygen atoms in total. The molecule has 0 spiro atoms. The third kappa shape index (κ3) is 4.28. The molecule has 2 saturated heterocycles. The number of rotatable bonds is 4. The number of nitrogens with zero attached hydrogens (tertiary/aromatic N) is 2. The molecular formula is C24H29ClN2O3. The molecule has 30 heavy (non-hydrogen) atoms. The predicted molar refractivity (Wildman–Crippen MR) is 120 cm³/mol. The minimum atomic E-state index is -0.516. The van der Waals surface area contributed by atoms with Crippen LogP contribution in [-0.2, 0) is 14.9 Å². The van der Waals surface area contributed by atoms with E-state index < -0.39 is 5.41 Å². The van der Waals surface area contributed by atoms with Gasteiger partial charge >= 0.3 is 0 Å². The molecule has 2 aliphatic rings. The number of benzene rings is 2. The fraction of sp³-hybridized carbons (Fsp3) is 0.458. The third-order valence-electron chi connectivity index (χ3n) is 6.37. The first-order valence-corrected chi connectivity index (χ1v) is 11.0. The Labute approximate surface area is 183 Å². The number of methoxy groups -OCH3 is 1. The number of anilines is 1. The van der Waals surface area contributed by atoms with Crippen LogP contribution in [0.4, 0.5) is 5.69 Å². The van der Waals surface area contributed by atoms with Gasteiger partial charge in [0, 0.05) is 50.1 Å². The summed E-state index contributed by atoms with van der Waals surface area (Å²) < 4.78 is 10.9. The number of carbonyl (C=O) groups excluding carboxylic acids is 1. The van der Waals surface area contributed by atoms with Gasteiger partial charge in [0.05, 0.1) is 12.5 Å². The lowest BCUT2D eigenvalue weighted by atomic mass is 9.73. The van der Waals surface area contributed by atoms with Crippen LogP contribution in [0.2, 0.25) is 5.02 Å². The van der Waals surface area contributed by atoms with Crippen LogP contribution in [0, 0.1) is 0 Å². The van der Waals surface area contributed by atoms with Crippen molar-refractivity contribution in [3.8, 4) is 5.75 Å². The van der Waals surface area contributed by atoms with Gasteiger partial charge in [0.15, 0.2) is 0 Å². The van der Waals surface area contributed by atoms with Gasteiger partial charge in [-0.1, -0.05) is 23.7 Å². The quantitative estimate of drug-likeness (QED) is 0.734. The zero-order valence-electron chi connectivity index (χ0n) is 17.5. The SMILES string of the molecule is COc1ccc(N2CCCN(C(=O)C3(c4ccc(Cl)cc4)CCOCC3)CC2)cc1. The topological polar surface area (TPSA) is 42.0 Å². The highest BCUT2D eigenvalue weighted by Gasteiger charge is 2.44. The Morgan fingerprint density at radius 2 is 1.67 bits per heavy atom. The highest BCUT2D eigenvalue weighted by atomic mass is 35.5. The second-order valence-electron chi connectivity index (χ2n) is 8.03. The van der Waals surface area contributed by atoms with Crippen LogP contribution in [0.5, 0.6) is 5.75 Å². The van der Waals surface area contributed by atoms with Crippen LogP contribution in [0.3, 0.4) is 0 Å². The van der Waals surface area contributed by atoms with E-state index in [4.69, 9.17) is 21.1 Å². The highest BCUT2D eigenvalue weighted by Crippen LogP contribution is 2.37. The summed E-state index contributed by atoms with van der Waals surface area (Å²) >= 11 is 6.11. The molecule has 2 fully saturated rings. The van der Waals surface area contributed by atoms with E-state index in [1.807, 2.05) is 36.4 Å². The zero-order chi connectivity index (χ0) is 21.0. The molecule has 1 amide bonds. The van der Waals surface area contributed by atoms with Gasteiger partial charge in [0.1, 0.15) is 5.75 Å². The second kappa shape index (κ2) is 9.27. The Balaban J connectivity index is 1.51. The first kappa shape index (κ1) is 21.0. The molecule has 0 atom stereocenters. The van der Waals surface area contributed by atoms with Crippen molar-refractivity contribution in [2.24, 2.45) is 0 Å². The molecule has 0 N–H and O–H groups in total. The van der Waals surface area contributed by atoms with Crippen LogP contribution in [0.25, 0.3) is 0 Å². The van der Waals surface area contributed by atoms with Crippen molar-refractivity contribution < 1.29 is 14.3 Å². The molecule has 2 aromatic carbocycles. The Morgan fingerprint density at radius 3 is 2.33 bits per heavy atom. The van der Waals surface area contributed by atoms with E-state index in [9.17, 15) is 4.79 Å². The van der Waals surface area contributed by atoms with Gasteiger partial charge in [0.25, 0.3) is 0 Å². The normalized spacial score (nSPS) is 19.3. The fourth-order valence-electron chi connectivity index (χ4n) is 4.59. The Hall–Kier alpha value is -2.24. The molecule has 2 aromatic rings. The summed E-state index contributed by atoms with van der Waals surface area (Å²) in [6.07, 6.45) is 2.38. The Bertz CT molecular complexity index is 848. The van der Waals surface area contributed by atoms with E-state index in [1.54, 1.807) is 7.11 Å². The van der Waals surface area contributed by atoms with Crippen LogP contribution in [-0.4, -0.2) is 57.3 Å². The van der Waals surface area contributed by atoms with Crippen molar-refractivity contribution in [2.75, 3.05) is 51.4 Å². The molecule has 160 valence electrons. The average Bonchev–Trinajstić information content (AvgIpc) is 3.06. The predicted octanol–water partition coefficient (Wildman–Crippen LogP) is 4.14. The summed E-state index contributed by atoms with van der Waals surface area (Å²) in [4.78, 5) is 18.3. The molecule has 6 heteroatoms. The van der Waals surface area contributed by atoms with Gasteiger partial charge in [-0.25, -0.2) is 0 Å². The number of hydrogen-bond donors (Lipinski definition) is 0. The minimum absolute atomic E-state index is 0.227. The van der Waals surface area contributed by atoms with Crippen LogP contribution < -0.4 is 9.64 Å². The standard InChI is InChI=1S/C24H29ClN2O3/c1-29-22-9-7-21(8-10-22)26-13-2-14-27(16-15-26)23(28)24(11-17-30-18-12-24)19-3-5-20(25)6-4-19/h3-10H,2,11-18H2,1H3. The largest absolute Gasteiger partial charge is 0.497 e. The van der Waals surface area contributed by atoms with Crippen molar-refractivity contribution in [1.82, 2.24) is 4.90 Å². The fourth-order valence-corrected chi connectivity index (χ4v) is 4.72. The maximum atomic E-state index is 13.8. The van der Waals surface area contributed by atoms with Gasteiger partial charge < -0.3 is 19.3 Å². The maximum absolute atomic E-state index is 13.8. The second-order valence-corrected chi connectivity index (χ2v) is 8.47. The lowest BCUT2D eigenvalue weighted by Crippen LogP contribution is -2.50. The van der Waals surface area contributed by atoms with Gasteiger partial charge in [-0.15, -0.1) is 0 Å². The van der Waals surface area contributed by atoms with E-state index in [0.717, 1.165) is 43.9 Å². The van der Waals surface area contributed by atoms with E-state index in [-0.39, 0.29) is 5.91 Å². The van der Waals surface area contributed by atoms with Gasteiger partial charge in [0.2, 0.25) is 5.91 Å². The van der Waals surface area contributed by atoms with E-state index in [1.165, 1.54) is 5.69 Å². The Morgan fingerprint density at radius 1 is 0.967 bits per heavy atom. The first-order valence-electron chi connectivity index (χ1n) is 10.6. The molecule has 0 aromatic heterocycles. The summed E-state index contributed by atoms with van der Waals surface area (Å²) in [6, 6.07) is 15.9. The van der Waals surface area contributed by atoms with Gasteiger partial charge in [-0.05, 0) is 61.2 Å². The Kier molecular flexibility index (Phi) is 6.49. The molecular weight excluding hydrogens is 400 g/mol. The lowest BCUT2D eigenvalue weighted by Gasteiger charge is -2.40.